The van der Waals surface area contributed by atoms with Gasteiger partial charge in [-0.2, -0.15) is 5.26 Å². The summed E-state index contributed by atoms with van der Waals surface area (Å²) in [6.45, 7) is 2.24. The lowest BCUT2D eigenvalue weighted by Gasteiger charge is -2.08. The van der Waals surface area contributed by atoms with E-state index in [0.29, 0.717) is 22.7 Å². The molecule has 0 fully saturated rings. The monoisotopic (exact) mass is 292 g/mol. The summed E-state index contributed by atoms with van der Waals surface area (Å²) in [5, 5.41) is 17.2. The van der Waals surface area contributed by atoms with Crippen molar-refractivity contribution in [3.05, 3.63) is 46.0 Å². The molecular weight excluding hydrogens is 279 g/mol. The van der Waals surface area contributed by atoms with Crippen LogP contribution in [0.25, 0.3) is 0 Å². The number of aromatic nitrogens is 3. The van der Waals surface area contributed by atoms with Crippen LogP contribution in [0.2, 0.25) is 5.02 Å². The zero-order valence-electron chi connectivity index (χ0n) is 11.1. The van der Waals surface area contributed by atoms with E-state index in [9.17, 15) is 4.39 Å². The van der Waals surface area contributed by atoms with Gasteiger partial charge in [-0.3, -0.25) is 0 Å². The highest BCUT2D eigenvalue weighted by Crippen LogP contribution is 2.21. The quantitative estimate of drug-likeness (QED) is 0.849. The lowest BCUT2D eigenvalue weighted by molar-refractivity contribution is 0.561. The summed E-state index contributed by atoms with van der Waals surface area (Å²) in [7, 11) is 0. The Balaban J connectivity index is 2.34. The molecule has 0 aliphatic rings. The van der Waals surface area contributed by atoms with Crippen molar-refractivity contribution in [3.63, 3.8) is 0 Å². The minimum atomic E-state index is -0.382. The molecule has 2 aromatic rings. The predicted molar refractivity (Wildman–Crippen MR) is 73.9 cm³/mol. The summed E-state index contributed by atoms with van der Waals surface area (Å²) < 4.78 is 15.4. The first-order valence-corrected chi connectivity index (χ1v) is 6.80. The molecule has 0 spiro atoms. The molecule has 1 aromatic heterocycles. The maximum absolute atomic E-state index is 13.8. The molecule has 0 N–H and O–H groups in total. The van der Waals surface area contributed by atoms with Crippen LogP contribution in [0.5, 0.6) is 0 Å². The van der Waals surface area contributed by atoms with Crippen molar-refractivity contribution in [2.75, 3.05) is 0 Å². The first-order chi connectivity index (χ1) is 9.67. The van der Waals surface area contributed by atoms with Gasteiger partial charge < -0.3 is 0 Å². The number of rotatable bonds is 5. The molecule has 0 aliphatic carbocycles. The van der Waals surface area contributed by atoms with Gasteiger partial charge in [-0.15, -0.1) is 5.10 Å². The Bertz CT molecular complexity index is 625. The van der Waals surface area contributed by atoms with Gasteiger partial charge in [0.2, 0.25) is 0 Å². The van der Waals surface area contributed by atoms with Gasteiger partial charge in [-0.05, 0) is 25.0 Å². The first kappa shape index (κ1) is 14.5. The van der Waals surface area contributed by atoms with E-state index in [2.05, 4.69) is 17.2 Å². The Hall–Kier alpha value is -1.93. The molecule has 0 saturated carbocycles. The summed E-state index contributed by atoms with van der Waals surface area (Å²) >= 11 is 6.01. The van der Waals surface area contributed by atoms with Crippen LogP contribution in [-0.4, -0.2) is 15.0 Å². The van der Waals surface area contributed by atoms with E-state index in [1.54, 1.807) is 16.8 Å². The molecule has 2 rings (SSSR count). The van der Waals surface area contributed by atoms with Crippen LogP contribution >= 0.6 is 11.6 Å². The van der Waals surface area contributed by atoms with Crippen molar-refractivity contribution in [3.8, 4) is 6.07 Å². The van der Waals surface area contributed by atoms with E-state index in [0.717, 1.165) is 18.5 Å². The van der Waals surface area contributed by atoms with Crippen LogP contribution in [0.3, 0.4) is 0 Å². The van der Waals surface area contributed by atoms with E-state index in [1.807, 2.05) is 6.07 Å². The topological polar surface area (TPSA) is 54.5 Å². The maximum Gasteiger partial charge on any atom is 0.185 e. The van der Waals surface area contributed by atoms with Crippen LogP contribution in [0.15, 0.2) is 18.2 Å². The fraction of sp³-hybridized carbons (Fsp3) is 0.357. The molecule has 0 bridgehead atoms. The van der Waals surface area contributed by atoms with Crippen LogP contribution in [-0.2, 0) is 13.0 Å². The minimum Gasteiger partial charge on any atom is -0.243 e. The number of benzene rings is 1. The molecule has 0 amide bonds. The number of hydrogen-bond acceptors (Lipinski definition) is 3. The van der Waals surface area contributed by atoms with Gasteiger partial charge in [0.15, 0.2) is 5.69 Å². The highest BCUT2D eigenvalue weighted by atomic mass is 35.5. The number of nitriles is 1. The number of unbranched alkanes of at least 4 members (excludes halogenated alkanes) is 1. The largest absolute Gasteiger partial charge is 0.243 e. The number of hydrogen-bond donors (Lipinski definition) is 0. The molecule has 1 aromatic carbocycles. The standard InChI is InChI=1S/C14H14ClFN4/c1-2-3-7-14-13(8-17)18-19-20(14)9-10-11(15)5-4-6-12(10)16/h4-6H,2-3,7,9H2,1H3. The second-order valence-electron chi connectivity index (χ2n) is 4.46. The second-order valence-corrected chi connectivity index (χ2v) is 4.87. The van der Waals surface area contributed by atoms with Gasteiger partial charge in [-0.25, -0.2) is 9.07 Å². The van der Waals surface area contributed by atoms with E-state index >= 15 is 0 Å². The highest BCUT2D eigenvalue weighted by Gasteiger charge is 2.15. The third kappa shape index (κ3) is 2.97. The SMILES string of the molecule is CCCCc1c(C#N)nnn1Cc1c(F)cccc1Cl. The van der Waals surface area contributed by atoms with Gasteiger partial charge >= 0.3 is 0 Å². The van der Waals surface area contributed by atoms with Gasteiger partial charge in [0.1, 0.15) is 11.9 Å². The lowest BCUT2D eigenvalue weighted by atomic mass is 10.1. The van der Waals surface area contributed by atoms with Crippen LogP contribution in [0, 0.1) is 17.1 Å². The molecule has 4 nitrogen and oxygen atoms in total. The van der Waals surface area contributed by atoms with Gasteiger partial charge in [0, 0.05) is 10.6 Å². The Morgan fingerprint density at radius 2 is 2.25 bits per heavy atom. The third-order valence-electron chi connectivity index (χ3n) is 3.08. The minimum absolute atomic E-state index is 0.180. The van der Waals surface area contributed by atoms with Crippen LogP contribution in [0.1, 0.15) is 36.7 Å². The second kappa shape index (κ2) is 6.49. The Morgan fingerprint density at radius 3 is 2.90 bits per heavy atom. The van der Waals surface area contributed by atoms with E-state index in [1.165, 1.54) is 6.07 Å². The Labute approximate surface area is 121 Å². The zero-order valence-corrected chi connectivity index (χ0v) is 11.9. The average Bonchev–Trinajstić information content (AvgIpc) is 2.82. The smallest absolute Gasteiger partial charge is 0.185 e. The average molecular weight is 293 g/mol. The maximum atomic E-state index is 13.8. The summed E-state index contributed by atoms with van der Waals surface area (Å²) in [6.07, 6.45) is 2.61. The molecule has 0 radical (unpaired) electrons. The number of halogens is 2. The molecule has 0 aliphatic heterocycles. The molecule has 1 heterocycles. The highest BCUT2D eigenvalue weighted by molar-refractivity contribution is 6.31. The number of nitrogens with zero attached hydrogens (tertiary/aromatic N) is 4. The van der Waals surface area contributed by atoms with Gasteiger partial charge in [0.05, 0.1) is 12.2 Å². The molecule has 104 valence electrons. The van der Waals surface area contributed by atoms with Crippen molar-refractivity contribution in [1.82, 2.24) is 15.0 Å². The van der Waals surface area contributed by atoms with E-state index < -0.39 is 0 Å². The van der Waals surface area contributed by atoms with Crippen molar-refractivity contribution < 1.29 is 4.39 Å². The summed E-state index contributed by atoms with van der Waals surface area (Å²) in [5.41, 5.74) is 1.39. The molecule has 0 unspecified atom stereocenters. The van der Waals surface area contributed by atoms with Crippen molar-refractivity contribution in [2.24, 2.45) is 0 Å². The summed E-state index contributed by atoms with van der Waals surface area (Å²) in [4.78, 5) is 0. The fourth-order valence-electron chi connectivity index (χ4n) is 1.97. The van der Waals surface area contributed by atoms with E-state index in [-0.39, 0.29) is 12.4 Å². The van der Waals surface area contributed by atoms with Gasteiger partial charge in [0.25, 0.3) is 0 Å². The van der Waals surface area contributed by atoms with Gasteiger partial charge in [-0.1, -0.05) is 36.2 Å². The van der Waals surface area contributed by atoms with E-state index in [4.69, 9.17) is 16.9 Å². The normalized spacial score (nSPS) is 10.5. The Kier molecular flexibility index (Phi) is 4.70. The van der Waals surface area contributed by atoms with Crippen molar-refractivity contribution >= 4 is 11.6 Å². The Morgan fingerprint density at radius 1 is 1.45 bits per heavy atom. The summed E-state index contributed by atoms with van der Waals surface area (Å²) in [5.74, 6) is -0.382. The van der Waals surface area contributed by atoms with Crippen LogP contribution in [0.4, 0.5) is 4.39 Å². The van der Waals surface area contributed by atoms with Crippen molar-refractivity contribution in [2.45, 2.75) is 32.7 Å². The third-order valence-corrected chi connectivity index (χ3v) is 3.43. The molecular formula is C14H14ClFN4. The molecule has 0 atom stereocenters. The molecule has 6 heteroatoms. The summed E-state index contributed by atoms with van der Waals surface area (Å²) in [6, 6.07) is 6.56. The lowest BCUT2D eigenvalue weighted by Crippen LogP contribution is -2.09. The predicted octanol–water partition coefficient (Wildman–Crippen LogP) is 3.33. The fourth-order valence-corrected chi connectivity index (χ4v) is 2.19. The molecule has 0 saturated heterocycles. The zero-order chi connectivity index (χ0) is 14.5. The van der Waals surface area contributed by atoms with Crippen molar-refractivity contribution in [1.29, 1.82) is 5.26 Å². The van der Waals surface area contributed by atoms with Crippen LogP contribution < -0.4 is 0 Å². The first-order valence-electron chi connectivity index (χ1n) is 6.42. The molecule has 20 heavy (non-hydrogen) atoms.